The van der Waals surface area contributed by atoms with E-state index in [2.05, 4.69) is 16.7 Å². The number of carbonyl (C=O) groups is 3. The number of nitrogens with one attached hydrogen (secondary N) is 2. The zero-order valence-corrected chi connectivity index (χ0v) is 21.1. The molecule has 3 aromatic rings. The molecule has 0 atom stereocenters. The molecule has 0 aliphatic heterocycles. The molecule has 0 aromatic heterocycles. The van der Waals surface area contributed by atoms with Gasteiger partial charge in [-0.3, -0.25) is 14.4 Å². The molecule has 7 heteroatoms. The van der Waals surface area contributed by atoms with Crippen LogP contribution in [0.5, 0.6) is 11.5 Å². The molecular formula is C29H32N2O5. The first-order valence-corrected chi connectivity index (χ1v) is 11.9. The average Bonchev–Trinajstić information content (AvgIpc) is 2.81. The van der Waals surface area contributed by atoms with Crippen LogP contribution in [0.1, 0.15) is 41.5 Å². The SMILES string of the molecule is Cc1cc(C)cc(Oc2ccc(NC(=O)CCCC(=O)OCC(=O)Nc3c(C)cccc3C)cc2)c1. The van der Waals surface area contributed by atoms with Gasteiger partial charge in [0, 0.05) is 24.2 Å². The number of amides is 2. The van der Waals surface area contributed by atoms with Crippen LogP contribution in [0.15, 0.2) is 60.7 Å². The molecular weight excluding hydrogens is 456 g/mol. The van der Waals surface area contributed by atoms with Gasteiger partial charge in [-0.25, -0.2) is 0 Å². The molecule has 2 amide bonds. The lowest BCUT2D eigenvalue weighted by Crippen LogP contribution is -2.22. The Bertz CT molecular complexity index is 1190. The third-order valence-corrected chi connectivity index (χ3v) is 5.46. The summed E-state index contributed by atoms with van der Waals surface area (Å²) in [5.74, 6) is 0.302. The molecule has 0 radical (unpaired) electrons. The van der Waals surface area contributed by atoms with Crippen LogP contribution in [0, 0.1) is 27.7 Å². The summed E-state index contributed by atoms with van der Waals surface area (Å²) in [7, 11) is 0. The molecule has 2 N–H and O–H groups in total. The molecule has 188 valence electrons. The van der Waals surface area contributed by atoms with E-state index in [1.54, 1.807) is 24.3 Å². The number of benzene rings is 3. The molecule has 0 fully saturated rings. The second-order valence-electron chi connectivity index (χ2n) is 8.83. The Morgan fingerprint density at radius 3 is 2.00 bits per heavy atom. The van der Waals surface area contributed by atoms with Gasteiger partial charge in [-0.1, -0.05) is 24.3 Å². The number of anilines is 2. The van der Waals surface area contributed by atoms with Crippen LogP contribution in [-0.4, -0.2) is 24.4 Å². The first kappa shape index (κ1) is 26.5. The lowest BCUT2D eigenvalue weighted by molar-refractivity contribution is -0.147. The lowest BCUT2D eigenvalue weighted by atomic mass is 10.1. The van der Waals surface area contributed by atoms with Gasteiger partial charge in [0.25, 0.3) is 5.91 Å². The van der Waals surface area contributed by atoms with Crippen LogP contribution >= 0.6 is 0 Å². The van der Waals surface area contributed by atoms with Crippen molar-refractivity contribution < 1.29 is 23.9 Å². The normalized spacial score (nSPS) is 10.4. The minimum Gasteiger partial charge on any atom is -0.457 e. The number of aryl methyl sites for hydroxylation is 4. The number of hydrogen-bond acceptors (Lipinski definition) is 5. The summed E-state index contributed by atoms with van der Waals surface area (Å²) in [6.45, 7) is 7.46. The van der Waals surface area contributed by atoms with Gasteiger partial charge in [0.15, 0.2) is 6.61 Å². The maximum atomic E-state index is 12.2. The van der Waals surface area contributed by atoms with Gasteiger partial charge in [0.2, 0.25) is 5.91 Å². The predicted molar refractivity (Wildman–Crippen MR) is 140 cm³/mol. The van der Waals surface area contributed by atoms with Gasteiger partial charge in [-0.2, -0.15) is 0 Å². The fourth-order valence-electron chi connectivity index (χ4n) is 3.76. The number of esters is 1. The summed E-state index contributed by atoms with van der Waals surface area (Å²) in [6.07, 6.45) is 0.522. The predicted octanol–water partition coefficient (Wildman–Crippen LogP) is 6.00. The van der Waals surface area contributed by atoms with Crippen molar-refractivity contribution in [2.75, 3.05) is 17.2 Å². The highest BCUT2D eigenvalue weighted by atomic mass is 16.5. The molecule has 7 nitrogen and oxygen atoms in total. The van der Waals surface area contributed by atoms with Crippen LogP contribution in [0.2, 0.25) is 0 Å². The maximum Gasteiger partial charge on any atom is 0.306 e. The topological polar surface area (TPSA) is 93.7 Å². The Labute approximate surface area is 211 Å². The van der Waals surface area contributed by atoms with Crippen molar-refractivity contribution >= 4 is 29.2 Å². The van der Waals surface area contributed by atoms with Crippen molar-refractivity contribution in [1.29, 1.82) is 0 Å². The molecule has 0 saturated carbocycles. The summed E-state index contributed by atoms with van der Waals surface area (Å²) in [5, 5.41) is 5.57. The first-order chi connectivity index (χ1) is 17.2. The third kappa shape index (κ3) is 8.27. The molecule has 3 aromatic carbocycles. The molecule has 0 bridgehead atoms. The molecule has 36 heavy (non-hydrogen) atoms. The Hall–Kier alpha value is -4.13. The summed E-state index contributed by atoms with van der Waals surface area (Å²) in [5.41, 5.74) is 5.48. The van der Waals surface area contributed by atoms with E-state index in [4.69, 9.17) is 9.47 Å². The van der Waals surface area contributed by atoms with Crippen LogP contribution < -0.4 is 15.4 Å². The van der Waals surface area contributed by atoms with Crippen LogP contribution in [0.4, 0.5) is 11.4 Å². The molecule has 3 rings (SSSR count). The first-order valence-electron chi connectivity index (χ1n) is 11.9. The number of carbonyl (C=O) groups excluding carboxylic acids is 3. The van der Waals surface area contributed by atoms with Crippen LogP contribution in [-0.2, 0) is 19.1 Å². The second-order valence-corrected chi connectivity index (χ2v) is 8.83. The second kappa shape index (κ2) is 12.5. The van der Waals surface area contributed by atoms with E-state index < -0.39 is 11.9 Å². The Kier molecular flexibility index (Phi) is 9.22. The zero-order chi connectivity index (χ0) is 26.1. The van der Waals surface area contributed by atoms with E-state index in [0.717, 1.165) is 33.7 Å². The Balaban J connectivity index is 1.36. The fraction of sp³-hybridized carbons (Fsp3) is 0.276. The van der Waals surface area contributed by atoms with Crippen molar-refractivity contribution in [3.8, 4) is 11.5 Å². The van der Waals surface area contributed by atoms with E-state index in [1.807, 2.05) is 58.0 Å². The molecule has 0 heterocycles. The van der Waals surface area contributed by atoms with Crippen molar-refractivity contribution in [2.45, 2.75) is 47.0 Å². The number of rotatable bonds is 10. The number of ether oxygens (including phenoxy) is 2. The fourth-order valence-corrected chi connectivity index (χ4v) is 3.76. The van der Waals surface area contributed by atoms with Crippen LogP contribution in [0.25, 0.3) is 0 Å². The summed E-state index contributed by atoms with van der Waals surface area (Å²) in [6, 6.07) is 18.8. The van der Waals surface area contributed by atoms with Crippen molar-refractivity contribution in [2.24, 2.45) is 0 Å². The maximum absolute atomic E-state index is 12.2. The van der Waals surface area contributed by atoms with E-state index >= 15 is 0 Å². The quantitative estimate of drug-likeness (QED) is 0.341. The number of hydrogen-bond donors (Lipinski definition) is 2. The van der Waals surface area contributed by atoms with E-state index in [1.165, 1.54) is 0 Å². The summed E-state index contributed by atoms with van der Waals surface area (Å²) < 4.78 is 10.9. The Morgan fingerprint density at radius 1 is 0.722 bits per heavy atom. The minimum absolute atomic E-state index is 0.0484. The molecule has 0 aliphatic rings. The van der Waals surface area contributed by atoms with Gasteiger partial charge in [-0.15, -0.1) is 0 Å². The lowest BCUT2D eigenvalue weighted by Gasteiger charge is -2.11. The molecule has 0 aliphatic carbocycles. The van der Waals surface area contributed by atoms with Gasteiger partial charge in [0.1, 0.15) is 11.5 Å². The van der Waals surface area contributed by atoms with E-state index in [-0.39, 0.29) is 25.4 Å². The van der Waals surface area contributed by atoms with Gasteiger partial charge in [0.05, 0.1) is 0 Å². The van der Waals surface area contributed by atoms with E-state index in [0.29, 0.717) is 17.9 Å². The van der Waals surface area contributed by atoms with Gasteiger partial charge < -0.3 is 20.1 Å². The average molecular weight is 489 g/mol. The van der Waals surface area contributed by atoms with Crippen LogP contribution in [0.3, 0.4) is 0 Å². The summed E-state index contributed by atoms with van der Waals surface area (Å²) >= 11 is 0. The smallest absolute Gasteiger partial charge is 0.306 e. The largest absolute Gasteiger partial charge is 0.457 e. The standard InChI is InChI=1S/C29H32N2O5/c1-19-15-20(2)17-25(16-19)36-24-13-11-23(12-14-24)30-26(32)9-6-10-28(34)35-18-27(33)31-29-21(3)7-5-8-22(29)4/h5,7-8,11-17H,6,9-10,18H2,1-4H3,(H,30,32)(H,31,33). The number of para-hydroxylation sites is 1. The highest BCUT2D eigenvalue weighted by Crippen LogP contribution is 2.25. The zero-order valence-electron chi connectivity index (χ0n) is 21.1. The minimum atomic E-state index is -0.521. The molecule has 0 saturated heterocycles. The van der Waals surface area contributed by atoms with Crippen molar-refractivity contribution in [3.63, 3.8) is 0 Å². The van der Waals surface area contributed by atoms with Gasteiger partial charge >= 0.3 is 5.97 Å². The molecule has 0 spiro atoms. The monoisotopic (exact) mass is 488 g/mol. The third-order valence-electron chi connectivity index (χ3n) is 5.46. The van der Waals surface area contributed by atoms with Crippen molar-refractivity contribution in [3.05, 3.63) is 82.9 Å². The highest BCUT2D eigenvalue weighted by molar-refractivity contribution is 5.94. The Morgan fingerprint density at radius 2 is 1.36 bits per heavy atom. The highest BCUT2D eigenvalue weighted by Gasteiger charge is 2.12. The van der Waals surface area contributed by atoms with Crippen molar-refractivity contribution in [1.82, 2.24) is 0 Å². The van der Waals surface area contributed by atoms with Gasteiger partial charge in [-0.05, 0) is 92.8 Å². The van der Waals surface area contributed by atoms with E-state index in [9.17, 15) is 14.4 Å². The summed E-state index contributed by atoms with van der Waals surface area (Å²) in [4.78, 5) is 36.3. The molecule has 0 unspecified atom stereocenters.